The van der Waals surface area contributed by atoms with Crippen LogP contribution in [0, 0.1) is 11.6 Å². The highest BCUT2D eigenvalue weighted by molar-refractivity contribution is 5.77. The monoisotopic (exact) mass is 326 g/mol. The molecule has 1 spiro atoms. The molecule has 3 rings (SSSR count). The molecule has 0 bridgehead atoms. The minimum atomic E-state index is -1.04. The fourth-order valence-electron chi connectivity index (χ4n) is 3.56. The molecule has 126 valence electrons. The van der Waals surface area contributed by atoms with Crippen LogP contribution < -0.4 is 4.74 Å². The number of benzene rings is 1. The fourth-order valence-corrected chi connectivity index (χ4v) is 3.56. The van der Waals surface area contributed by atoms with Crippen LogP contribution in [-0.4, -0.2) is 31.4 Å². The lowest BCUT2D eigenvalue weighted by Crippen LogP contribution is -2.38. The van der Waals surface area contributed by atoms with Gasteiger partial charge in [0.05, 0.1) is 19.3 Å². The van der Waals surface area contributed by atoms with Gasteiger partial charge < -0.3 is 14.2 Å². The third-order valence-electron chi connectivity index (χ3n) is 4.80. The van der Waals surface area contributed by atoms with E-state index in [1.54, 1.807) is 6.92 Å². The summed E-state index contributed by atoms with van der Waals surface area (Å²) < 4.78 is 43.6. The summed E-state index contributed by atoms with van der Waals surface area (Å²) in [5.74, 6) is -3.05. The number of hydrogen-bond donors (Lipinski definition) is 0. The smallest absolute Gasteiger partial charge is 0.335 e. The first-order chi connectivity index (χ1) is 11.0. The van der Waals surface area contributed by atoms with E-state index in [-0.39, 0.29) is 18.0 Å². The number of carbonyl (C=O) groups excluding carboxylic acids is 1. The maximum Gasteiger partial charge on any atom is 0.335 e. The van der Waals surface area contributed by atoms with E-state index >= 15 is 0 Å². The first-order valence-corrected chi connectivity index (χ1v) is 7.87. The molecule has 1 saturated heterocycles. The lowest BCUT2D eigenvalue weighted by Gasteiger charge is -2.37. The first kappa shape index (κ1) is 16.2. The molecular weight excluding hydrogens is 306 g/mol. The maximum absolute atomic E-state index is 14.0. The van der Waals surface area contributed by atoms with Crippen molar-refractivity contribution in [1.29, 1.82) is 0 Å². The molecule has 0 amide bonds. The minimum Gasteiger partial charge on any atom is -0.493 e. The number of ether oxygens (including phenoxy) is 3. The molecular formula is C17H20F2O4. The van der Waals surface area contributed by atoms with Crippen LogP contribution >= 0.6 is 0 Å². The van der Waals surface area contributed by atoms with Gasteiger partial charge in [-0.2, -0.15) is 4.39 Å². The van der Waals surface area contributed by atoms with E-state index in [2.05, 4.69) is 0 Å². The van der Waals surface area contributed by atoms with Gasteiger partial charge in [-0.3, -0.25) is 0 Å². The molecule has 0 aromatic heterocycles. The van der Waals surface area contributed by atoms with E-state index in [1.807, 2.05) is 0 Å². The molecule has 2 fully saturated rings. The van der Waals surface area contributed by atoms with Gasteiger partial charge in [-0.15, -0.1) is 0 Å². The summed E-state index contributed by atoms with van der Waals surface area (Å²) in [6.45, 7) is 1.96. The van der Waals surface area contributed by atoms with Crippen molar-refractivity contribution in [2.24, 2.45) is 0 Å². The molecule has 1 aliphatic carbocycles. The second-order valence-electron chi connectivity index (χ2n) is 6.12. The van der Waals surface area contributed by atoms with Gasteiger partial charge >= 0.3 is 5.97 Å². The molecule has 0 N–H and O–H groups in total. The van der Waals surface area contributed by atoms with Crippen molar-refractivity contribution in [1.82, 2.24) is 0 Å². The van der Waals surface area contributed by atoms with Crippen molar-refractivity contribution in [2.75, 3.05) is 13.7 Å². The van der Waals surface area contributed by atoms with Crippen LogP contribution in [0.3, 0.4) is 0 Å². The predicted molar refractivity (Wildman–Crippen MR) is 78.4 cm³/mol. The van der Waals surface area contributed by atoms with Gasteiger partial charge in [0.1, 0.15) is 0 Å². The average Bonchev–Trinajstić information content (AvgIpc) is 2.91. The Hall–Kier alpha value is -1.69. The molecule has 0 radical (unpaired) electrons. The molecule has 1 saturated carbocycles. The van der Waals surface area contributed by atoms with E-state index in [0.29, 0.717) is 12.0 Å². The summed E-state index contributed by atoms with van der Waals surface area (Å²) >= 11 is 0. The Morgan fingerprint density at radius 2 is 2.13 bits per heavy atom. The topological polar surface area (TPSA) is 44.8 Å². The normalized spacial score (nSPS) is 25.2. The largest absolute Gasteiger partial charge is 0.493 e. The van der Waals surface area contributed by atoms with Gasteiger partial charge in [-0.25, -0.2) is 9.18 Å². The van der Waals surface area contributed by atoms with Gasteiger partial charge in [0.2, 0.25) is 5.82 Å². The fraction of sp³-hybridized carbons (Fsp3) is 0.588. The van der Waals surface area contributed by atoms with Crippen LogP contribution in [0.2, 0.25) is 0 Å². The van der Waals surface area contributed by atoms with E-state index < -0.39 is 29.6 Å². The molecule has 1 heterocycles. The number of halogens is 2. The molecule has 1 aromatic carbocycles. The number of esters is 1. The van der Waals surface area contributed by atoms with E-state index in [1.165, 1.54) is 13.2 Å². The lowest BCUT2D eigenvalue weighted by molar-refractivity contribution is -0.166. The number of hydrogen-bond acceptors (Lipinski definition) is 4. The van der Waals surface area contributed by atoms with Crippen LogP contribution in [-0.2, 0) is 14.3 Å². The van der Waals surface area contributed by atoms with Gasteiger partial charge in [0.25, 0.3) is 0 Å². The number of methoxy groups -OCH3 is 1. The van der Waals surface area contributed by atoms with Crippen molar-refractivity contribution in [3.05, 3.63) is 29.3 Å². The average molecular weight is 326 g/mol. The van der Waals surface area contributed by atoms with E-state index in [9.17, 15) is 13.6 Å². The maximum atomic E-state index is 14.0. The van der Waals surface area contributed by atoms with Crippen LogP contribution in [0.25, 0.3) is 0 Å². The van der Waals surface area contributed by atoms with Gasteiger partial charge in [0.15, 0.2) is 17.7 Å². The summed E-state index contributed by atoms with van der Waals surface area (Å²) in [4.78, 5) is 12.3. The number of rotatable bonds is 4. The third kappa shape index (κ3) is 2.69. The quantitative estimate of drug-likeness (QED) is 0.796. The van der Waals surface area contributed by atoms with Crippen molar-refractivity contribution in [3.63, 3.8) is 0 Å². The molecule has 4 nitrogen and oxygen atoms in total. The van der Waals surface area contributed by atoms with Gasteiger partial charge in [-0.05, 0) is 38.7 Å². The second kappa shape index (κ2) is 6.07. The zero-order chi connectivity index (χ0) is 16.6. The highest BCUT2D eigenvalue weighted by Crippen LogP contribution is 2.53. The Bertz CT molecular complexity index is 613. The summed E-state index contributed by atoms with van der Waals surface area (Å²) in [7, 11) is 1.29. The Kier molecular flexibility index (Phi) is 4.27. The third-order valence-corrected chi connectivity index (χ3v) is 4.80. The van der Waals surface area contributed by atoms with Crippen molar-refractivity contribution in [2.45, 2.75) is 50.2 Å². The first-order valence-electron chi connectivity index (χ1n) is 7.87. The summed E-state index contributed by atoms with van der Waals surface area (Å²) in [6, 6.07) is 2.52. The molecule has 2 atom stereocenters. The molecule has 2 aliphatic rings. The molecule has 1 aliphatic heterocycles. The second-order valence-corrected chi connectivity index (χ2v) is 6.12. The van der Waals surface area contributed by atoms with Crippen LogP contribution in [0.15, 0.2) is 12.1 Å². The zero-order valence-corrected chi connectivity index (χ0v) is 13.2. The van der Waals surface area contributed by atoms with E-state index in [4.69, 9.17) is 14.2 Å². The van der Waals surface area contributed by atoms with E-state index in [0.717, 1.165) is 25.3 Å². The van der Waals surface area contributed by atoms with Crippen LogP contribution in [0.5, 0.6) is 5.75 Å². The molecule has 23 heavy (non-hydrogen) atoms. The van der Waals surface area contributed by atoms with Crippen LogP contribution in [0.1, 0.15) is 44.1 Å². The van der Waals surface area contributed by atoms with Crippen molar-refractivity contribution < 1.29 is 27.8 Å². The Labute approximate surface area is 133 Å². The molecule has 6 heteroatoms. The highest BCUT2D eigenvalue weighted by Gasteiger charge is 2.54. The van der Waals surface area contributed by atoms with Crippen LogP contribution in [0.4, 0.5) is 8.78 Å². The zero-order valence-electron chi connectivity index (χ0n) is 13.2. The summed E-state index contributed by atoms with van der Waals surface area (Å²) in [5, 5.41) is 0. The Morgan fingerprint density at radius 3 is 2.70 bits per heavy atom. The van der Waals surface area contributed by atoms with Crippen molar-refractivity contribution >= 4 is 5.97 Å². The minimum absolute atomic E-state index is 0.163. The molecule has 0 unspecified atom stereocenters. The summed E-state index contributed by atoms with van der Waals surface area (Å²) in [5.41, 5.74) is 0.103. The standard InChI is InChI=1S/C17H20F2O4/c1-3-22-16(20)15-11(9-17(23-15)7-4-8-17)10-5-6-12(18)13(19)14(10)21-2/h5-6,11,15H,3-4,7-9H2,1-2H3/t11-,15-/m0/s1. The lowest BCUT2D eigenvalue weighted by atomic mass is 9.74. The van der Waals surface area contributed by atoms with Crippen molar-refractivity contribution in [3.8, 4) is 5.75 Å². The van der Waals surface area contributed by atoms with Gasteiger partial charge in [-0.1, -0.05) is 6.07 Å². The Morgan fingerprint density at radius 1 is 1.39 bits per heavy atom. The number of carbonyl (C=O) groups is 1. The predicted octanol–water partition coefficient (Wildman–Crippen LogP) is 3.33. The summed E-state index contributed by atoms with van der Waals surface area (Å²) in [6.07, 6.45) is 2.54. The Balaban J connectivity index is 1.98. The SMILES string of the molecule is CCOC(=O)[C@H]1OC2(CCC2)C[C@H]1c1ccc(F)c(F)c1OC. The molecule has 1 aromatic rings. The highest BCUT2D eigenvalue weighted by atomic mass is 19.2. The van der Waals surface area contributed by atoms with Gasteiger partial charge in [0, 0.05) is 11.5 Å².